The zero-order valence-corrected chi connectivity index (χ0v) is 12.8. The Morgan fingerprint density at radius 2 is 2.14 bits per heavy atom. The summed E-state index contributed by atoms with van der Waals surface area (Å²) in [7, 11) is 3.96. The summed E-state index contributed by atoms with van der Waals surface area (Å²) in [4.78, 5) is 16.7. The molecule has 1 aliphatic rings. The number of ketones is 1. The summed E-state index contributed by atoms with van der Waals surface area (Å²) in [5, 5.41) is 0. The van der Waals surface area contributed by atoms with Crippen molar-refractivity contribution in [1.29, 1.82) is 0 Å². The lowest BCUT2D eigenvalue weighted by molar-refractivity contribution is 0.0705. The van der Waals surface area contributed by atoms with E-state index in [0.29, 0.717) is 0 Å². The lowest BCUT2D eigenvalue weighted by Gasteiger charge is -2.38. The van der Waals surface area contributed by atoms with Crippen molar-refractivity contribution in [2.24, 2.45) is 0 Å². The molecule has 0 spiro atoms. The first-order valence-electron chi connectivity index (χ1n) is 7.30. The Labute approximate surface area is 124 Å². The fraction of sp³-hybridized carbons (Fsp3) is 0.562. The van der Waals surface area contributed by atoms with Crippen molar-refractivity contribution in [2.45, 2.75) is 31.8 Å². The summed E-state index contributed by atoms with van der Waals surface area (Å²) in [6, 6.07) is 2.96. The van der Waals surface area contributed by atoms with Crippen molar-refractivity contribution in [3.8, 4) is 0 Å². The third-order valence-electron chi connectivity index (χ3n) is 4.36. The van der Waals surface area contributed by atoms with Crippen LogP contribution in [-0.4, -0.2) is 54.9 Å². The van der Waals surface area contributed by atoms with E-state index >= 15 is 0 Å². The van der Waals surface area contributed by atoms with Crippen LogP contribution in [0.1, 0.15) is 30.1 Å². The van der Waals surface area contributed by atoms with Gasteiger partial charge in [-0.05, 0) is 52.5 Å². The molecule has 0 bridgehead atoms. The van der Waals surface area contributed by atoms with Gasteiger partial charge in [0.2, 0.25) is 0 Å². The molecule has 1 aromatic rings. The monoisotopic (exact) mass is 296 g/mol. The van der Waals surface area contributed by atoms with Crippen LogP contribution in [0.2, 0.25) is 0 Å². The van der Waals surface area contributed by atoms with Crippen LogP contribution in [0.15, 0.2) is 18.2 Å². The maximum Gasteiger partial charge on any atom is 0.182 e. The minimum absolute atomic E-state index is 0.0417. The second-order valence-electron chi connectivity index (χ2n) is 5.89. The van der Waals surface area contributed by atoms with Crippen LogP contribution in [0.25, 0.3) is 0 Å². The largest absolute Gasteiger partial charge is 0.305 e. The quantitative estimate of drug-likeness (QED) is 0.798. The highest BCUT2D eigenvalue weighted by Gasteiger charge is 2.29. The molecule has 2 unspecified atom stereocenters. The number of likely N-dealkylation sites (N-methyl/N-ethyl adjacent to an activating group) is 2. The third-order valence-corrected chi connectivity index (χ3v) is 4.36. The maximum atomic E-state index is 13.7. The van der Waals surface area contributed by atoms with Gasteiger partial charge in [0.05, 0.1) is 11.6 Å². The molecule has 1 aliphatic heterocycles. The number of hydrogen-bond acceptors (Lipinski definition) is 3. The lowest BCUT2D eigenvalue weighted by Crippen LogP contribution is -2.50. The maximum absolute atomic E-state index is 13.7. The van der Waals surface area contributed by atoms with Gasteiger partial charge in [0.25, 0.3) is 0 Å². The minimum Gasteiger partial charge on any atom is -0.305 e. The number of halogens is 2. The Balaban J connectivity index is 2.10. The average molecular weight is 296 g/mol. The number of hydrogen-bond donors (Lipinski definition) is 0. The summed E-state index contributed by atoms with van der Waals surface area (Å²) in [5.74, 6) is -1.76. The van der Waals surface area contributed by atoms with E-state index in [9.17, 15) is 13.6 Å². The predicted octanol–water partition coefficient (Wildman–Crippen LogP) is 2.56. The number of benzene rings is 1. The second kappa shape index (κ2) is 6.62. The lowest BCUT2D eigenvalue weighted by atomic mass is 9.99. The van der Waals surface area contributed by atoms with Gasteiger partial charge in [-0.1, -0.05) is 0 Å². The van der Waals surface area contributed by atoms with Crippen LogP contribution in [0, 0.1) is 11.6 Å². The fourth-order valence-corrected chi connectivity index (χ4v) is 2.89. The molecule has 3 nitrogen and oxygen atoms in total. The van der Waals surface area contributed by atoms with Crippen LogP contribution in [0.4, 0.5) is 8.78 Å². The van der Waals surface area contributed by atoms with Gasteiger partial charge in [-0.25, -0.2) is 8.78 Å². The number of carbonyl (C=O) groups excluding carboxylic acids is 1. The minimum atomic E-state index is -0.791. The SMILES string of the molecule is CC(C(=O)c1ccc(F)cc1F)N(C)C1CCCN(C)C1. The molecule has 0 radical (unpaired) electrons. The Morgan fingerprint density at radius 3 is 2.76 bits per heavy atom. The van der Waals surface area contributed by atoms with Crippen LogP contribution in [-0.2, 0) is 0 Å². The molecular weight excluding hydrogens is 274 g/mol. The van der Waals surface area contributed by atoms with Crippen LogP contribution >= 0.6 is 0 Å². The van der Waals surface area contributed by atoms with E-state index in [1.807, 2.05) is 11.9 Å². The average Bonchev–Trinajstić information content (AvgIpc) is 2.45. The zero-order chi connectivity index (χ0) is 15.6. The molecule has 5 heteroatoms. The molecule has 0 N–H and O–H groups in total. The summed E-state index contributed by atoms with van der Waals surface area (Å²) in [5.41, 5.74) is -0.0417. The van der Waals surface area contributed by atoms with Crippen molar-refractivity contribution in [2.75, 3.05) is 27.2 Å². The van der Waals surface area contributed by atoms with Crippen LogP contribution in [0.5, 0.6) is 0 Å². The van der Waals surface area contributed by atoms with E-state index in [4.69, 9.17) is 0 Å². The van der Waals surface area contributed by atoms with Gasteiger partial charge in [0, 0.05) is 18.7 Å². The van der Waals surface area contributed by atoms with Gasteiger partial charge in [0.1, 0.15) is 11.6 Å². The Morgan fingerprint density at radius 1 is 1.43 bits per heavy atom. The van der Waals surface area contributed by atoms with E-state index in [-0.39, 0.29) is 17.4 Å². The highest BCUT2D eigenvalue weighted by Crippen LogP contribution is 2.19. The van der Waals surface area contributed by atoms with Gasteiger partial charge >= 0.3 is 0 Å². The van der Waals surface area contributed by atoms with E-state index in [1.165, 1.54) is 6.07 Å². The predicted molar refractivity (Wildman–Crippen MR) is 78.4 cm³/mol. The number of rotatable bonds is 4. The summed E-state index contributed by atoms with van der Waals surface area (Å²) in [6.07, 6.45) is 2.13. The molecule has 1 saturated heterocycles. The molecule has 2 rings (SSSR count). The van der Waals surface area contributed by atoms with E-state index < -0.39 is 17.7 Å². The Bertz CT molecular complexity index is 521. The number of piperidine rings is 1. The van der Waals surface area contributed by atoms with Gasteiger partial charge < -0.3 is 4.90 Å². The van der Waals surface area contributed by atoms with Gasteiger partial charge in [-0.2, -0.15) is 0 Å². The normalized spacial score (nSPS) is 21.5. The molecule has 1 fully saturated rings. The highest BCUT2D eigenvalue weighted by molar-refractivity contribution is 6.00. The van der Waals surface area contributed by atoms with Crippen molar-refractivity contribution in [1.82, 2.24) is 9.80 Å². The van der Waals surface area contributed by atoms with Crippen LogP contribution < -0.4 is 0 Å². The van der Waals surface area contributed by atoms with E-state index in [0.717, 1.165) is 38.1 Å². The first-order valence-corrected chi connectivity index (χ1v) is 7.30. The first kappa shape index (κ1) is 16.0. The summed E-state index contributed by atoms with van der Waals surface area (Å²) >= 11 is 0. The van der Waals surface area contributed by atoms with E-state index in [2.05, 4.69) is 11.9 Å². The van der Waals surface area contributed by atoms with Crippen molar-refractivity contribution < 1.29 is 13.6 Å². The topological polar surface area (TPSA) is 23.6 Å². The summed E-state index contributed by atoms with van der Waals surface area (Å²) in [6.45, 7) is 3.75. The number of likely N-dealkylation sites (tertiary alicyclic amines) is 1. The smallest absolute Gasteiger partial charge is 0.182 e. The first-order chi connectivity index (χ1) is 9.90. The Kier molecular flexibility index (Phi) is 5.06. The standard InChI is InChI=1S/C16H22F2N2O/c1-11(20(3)13-5-4-8-19(2)10-13)16(21)14-7-6-12(17)9-15(14)18/h6-7,9,11,13H,4-5,8,10H2,1-3H3. The van der Waals surface area contributed by atoms with Gasteiger partial charge in [-0.15, -0.1) is 0 Å². The van der Waals surface area contributed by atoms with Crippen molar-refractivity contribution >= 4 is 5.78 Å². The molecule has 0 aliphatic carbocycles. The molecule has 1 heterocycles. The number of nitrogens with zero attached hydrogens (tertiary/aromatic N) is 2. The second-order valence-corrected chi connectivity index (χ2v) is 5.89. The molecule has 0 aromatic heterocycles. The third kappa shape index (κ3) is 3.66. The van der Waals surface area contributed by atoms with E-state index in [1.54, 1.807) is 6.92 Å². The molecule has 116 valence electrons. The molecular formula is C16H22F2N2O. The fourth-order valence-electron chi connectivity index (χ4n) is 2.89. The van der Waals surface area contributed by atoms with Crippen molar-refractivity contribution in [3.05, 3.63) is 35.4 Å². The molecule has 0 saturated carbocycles. The molecule has 2 atom stereocenters. The zero-order valence-electron chi connectivity index (χ0n) is 12.8. The highest BCUT2D eigenvalue weighted by atomic mass is 19.1. The summed E-state index contributed by atoms with van der Waals surface area (Å²) < 4.78 is 26.7. The van der Waals surface area contributed by atoms with Gasteiger partial charge in [0.15, 0.2) is 5.78 Å². The number of carbonyl (C=O) groups is 1. The molecule has 0 amide bonds. The van der Waals surface area contributed by atoms with Gasteiger partial charge in [-0.3, -0.25) is 9.69 Å². The Hall–Kier alpha value is -1.33. The van der Waals surface area contributed by atoms with Crippen LogP contribution in [0.3, 0.4) is 0 Å². The van der Waals surface area contributed by atoms with Crippen molar-refractivity contribution in [3.63, 3.8) is 0 Å². The molecule has 1 aromatic carbocycles. The number of Topliss-reactive ketones (excluding diaryl/α,β-unsaturated/α-hetero) is 1. The molecule has 21 heavy (non-hydrogen) atoms.